The Hall–Kier alpha value is -2.78. The second-order valence-electron chi connectivity index (χ2n) is 7.68. The monoisotopic (exact) mass is 464 g/mol. The van der Waals surface area contributed by atoms with Crippen LogP contribution in [0.3, 0.4) is 0 Å². The van der Waals surface area contributed by atoms with Crippen molar-refractivity contribution in [2.45, 2.75) is 52.1 Å². The van der Waals surface area contributed by atoms with Crippen molar-refractivity contribution in [2.75, 3.05) is 21.3 Å². The van der Waals surface area contributed by atoms with E-state index in [-0.39, 0.29) is 11.4 Å². The van der Waals surface area contributed by atoms with Gasteiger partial charge in [0.1, 0.15) is 0 Å². The second-order valence-corrected chi connectivity index (χ2v) is 9.33. The molecule has 0 saturated carbocycles. The number of carbonyl (C=O) groups is 1. The van der Waals surface area contributed by atoms with Crippen LogP contribution in [0.4, 0.5) is 0 Å². The van der Waals surface area contributed by atoms with Crippen molar-refractivity contribution in [1.82, 2.24) is 10.0 Å². The molecular formula is C23H32N2O6S. The first-order valence-electron chi connectivity index (χ1n) is 10.1. The Bertz CT molecular complexity index is 1060. The number of ether oxygens (including phenoxy) is 3. The molecule has 9 heteroatoms. The van der Waals surface area contributed by atoms with Crippen LogP contribution in [0, 0.1) is 27.7 Å². The molecule has 176 valence electrons. The molecule has 0 aromatic heterocycles. The third kappa shape index (κ3) is 5.34. The van der Waals surface area contributed by atoms with Crippen LogP contribution in [0.15, 0.2) is 23.1 Å². The first kappa shape index (κ1) is 25.5. The smallest absolute Gasteiger partial charge is 0.241 e. The fourth-order valence-corrected chi connectivity index (χ4v) is 5.33. The predicted molar refractivity (Wildman–Crippen MR) is 123 cm³/mol. The topological polar surface area (TPSA) is 103 Å². The average Bonchev–Trinajstić information content (AvgIpc) is 2.74. The minimum absolute atomic E-state index is 0.156. The largest absolute Gasteiger partial charge is 0.493 e. The van der Waals surface area contributed by atoms with Crippen molar-refractivity contribution in [1.29, 1.82) is 0 Å². The minimum Gasteiger partial charge on any atom is -0.493 e. The lowest BCUT2D eigenvalue weighted by Crippen LogP contribution is -2.44. The van der Waals surface area contributed by atoms with Crippen LogP contribution in [-0.4, -0.2) is 41.7 Å². The summed E-state index contributed by atoms with van der Waals surface area (Å²) in [4.78, 5) is 12.9. The molecule has 2 aromatic carbocycles. The van der Waals surface area contributed by atoms with Crippen LogP contribution in [0.25, 0.3) is 0 Å². The first-order valence-corrected chi connectivity index (χ1v) is 11.6. The van der Waals surface area contributed by atoms with Gasteiger partial charge in [-0.2, -0.15) is 4.72 Å². The van der Waals surface area contributed by atoms with E-state index in [1.54, 1.807) is 26.0 Å². The molecule has 1 atom stereocenters. The molecule has 2 rings (SSSR count). The molecule has 1 amide bonds. The van der Waals surface area contributed by atoms with Gasteiger partial charge in [-0.25, -0.2) is 8.42 Å². The number of rotatable bonds is 9. The van der Waals surface area contributed by atoms with Gasteiger partial charge in [-0.15, -0.1) is 0 Å². The van der Waals surface area contributed by atoms with Gasteiger partial charge in [0.15, 0.2) is 11.5 Å². The molecule has 0 bridgehead atoms. The molecule has 0 spiro atoms. The number of hydrogen-bond acceptors (Lipinski definition) is 6. The number of hydrogen-bond donors (Lipinski definition) is 2. The van der Waals surface area contributed by atoms with Gasteiger partial charge in [0.2, 0.25) is 21.7 Å². The molecule has 0 saturated heterocycles. The van der Waals surface area contributed by atoms with Crippen molar-refractivity contribution >= 4 is 15.9 Å². The Morgan fingerprint density at radius 1 is 0.906 bits per heavy atom. The van der Waals surface area contributed by atoms with E-state index in [1.807, 2.05) is 19.9 Å². The van der Waals surface area contributed by atoms with Gasteiger partial charge >= 0.3 is 0 Å². The summed E-state index contributed by atoms with van der Waals surface area (Å²) < 4.78 is 44.6. The summed E-state index contributed by atoms with van der Waals surface area (Å²) in [5.41, 5.74) is 3.82. The van der Waals surface area contributed by atoms with Gasteiger partial charge in [-0.05, 0) is 74.6 Å². The average molecular weight is 465 g/mol. The number of benzene rings is 2. The maximum absolute atomic E-state index is 13.1. The number of methoxy groups -OCH3 is 3. The maximum Gasteiger partial charge on any atom is 0.241 e. The third-order valence-electron chi connectivity index (χ3n) is 5.48. The lowest BCUT2D eigenvalue weighted by Gasteiger charge is -2.19. The summed E-state index contributed by atoms with van der Waals surface area (Å²) in [5, 5.41) is 2.75. The molecule has 0 aliphatic rings. The summed E-state index contributed by atoms with van der Waals surface area (Å²) in [5.74, 6) is 0.920. The molecule has 2 aromatic rings. The third-order valence-corrected chi connectivity index (χ3v) is 7.30. The maximum atomic E-state index is 13.1. The SMILES string of the molecule is COc1cc(CNC(=O)[C@H](C)NS(=O)(=O)c2c(C)c(C)cc(C)c2C)cc(OC)c1OC. The molecule has 0 fully saturated rings. The highest BCUT2D eigenvalue weighted by atomic mass is 32.2. The van der Waals surface area contributed by atoms with Gasteiger partial charge in [0.05, 0.1) is 32.3 Å². The summed E-state index contributed by atoms with van der Waals surface area (Å²) >= 11 is 0. The van der Waals surface area contributed by atoms with Crippen LogP contribution in [-0.2, 0) is 21.4 Å². The lowest BCUT2D eigenvalue weighted by molar-refractivity contribution is -0.122. The van der Waals surface area contributed by atoms with Crippen LogP contribution >= 0.6 is 0 Å². The number of sulfonamides is 1. The molecule has 8 nitrogen and oxygen atoms in total. The van der Waals surface area contributed by atoms with Gasteiger partial charge < -0.3 is 19.5 Å². The highest BCUT2D eigenvalue weighted by molar-refractivity contribution is 7.89. The van der Waals surface area contributed by atoms with E-state index in [9.17, 15) is 13.2 Å². The number of carbonyl (C=O) groups excluding carboxylic acids is 1. The molecule has 0 aliphatic carbocycles. The lowest BCUT2D eigenvalue weighted by atomic mass is 10.0. The molecule has 0 heterocycles. The standard InChI is InChI=1S/C23H32N2O6S/c1-13-9-14(2)16(4)22(15(13)3)32(27,28)25-17(5)23(26)24-12-18-10-19(29-6)21(31-8)20(11-18)30-7/h9-11,17,25H,12H2,1-8H3,(H,24,26)/t17-/m0/s1. The summed E-state index contributed by atoms with van der Waals surface area (Å²) in [7, 11) is 0.632. The van der Waals surface area contributed by atoms with E-state index in [0.29, 0.717) is 33.9 Å². The second kappa shape index (κ2) is 10.2. The van der Waals surface area contributed by atoms with Crippen molar-refractivity contribution in [2.24, 2.45) is 0 Å². The van der Waals surface area contributed by atoms with Crippen molar-refractivity contribution in [3.63, 3.8) is 0 Å². The van der Waals surface area contributed by atoms with Crippen LogP contribution in [0.5, 0.6) is 17.2 Å². The number of amides is 1. The van der Waals surface area contributed by atoms with E-state index in [0.717, 1.165) is 11.1 Å². The summed E-state index contributed by atoms with van der Waals surface area (Å²) in [6.07, 6.45) is 0. The Labute approximate surface area is 190 Å². The van der Waals surface area contributed by atoms with Gasteiger partial charge in [0, 0.05) is 6.54 Å². The highest BCUT2D eigenvalue weighted by Crippen LogP contribution is 2.38. The zero-order chi connectivity index (χ0) is 24.2. The highest BCUT2D eigenvalue weighted by Gasteiger charge is 2.26. The predicted octanol–water partition coefficient (Wildman–Crippen LogP) is 2.93. The summed E-state index contributed by atoms with van der Waals surface area (Å²) in [6.45, 7) is 8.94. The summed E-state index contributed by atoms with van der Waals surface area (Å²) in [6, 6.07) is 4.43. The van der Waals surface area contributed by atoms with Gasteiger partial charge in [-0.3, -0.25) is 4.79 Å². The van der Waals surface area contributed by atoms with E-state index in [2.05, 4.69) is 10.0 Å². The van der Waals surface area contributed by atoms with Crippen LogP contribution in [0.1, 0.15) is 34.7 Å². The Morgan fingerprint density at radius 2 is 1.41 bits per heavy atom. The van der Waals surface area contributed by atoms with E-state index < -0.39 is 22.0 Å². The van der Waals surface area contributed by atoms with E-state index in [4.69, 9.17) is 14.2 Å². The molecule has 0 unspecified atom stereocenters. The molecule has 32 heavy (non-hydrogen) atoms. The zero-order valence-electron chi connectivity index (χ0n) is 19.9. The zero-order valence-corrected chi connectivity index (χ0v) is 20.7. The fourth-order valence-electron chi connectivity index (χ4n) is 3.51. The molecule has 0 radical (unpaired) electrons. The Morgan fingerprint density at radius 3 is 1.84 bits per heavy atom. The normalized spacial score (nSPS) is 12.2. The number of nitrogens with one attached hydrogen (secondary N) is 2. The van der Waals surface area contributed by atoms with Crippen molar-refractivity contribution in [3.8, 4) is 17.2 Å². The van der Waals surface area contributed by atoms with Gasteiger partial charge in [0.25, 0.3) is 0 Å². The Kier molecular flexibility index (Phi) is 8.14. The van der Waals surface area contributed by atoms with E-state index >= 15 is 0 Å². The Balaban J connectivity index is 2.18. The minimum atomic E-state index is -3.89. The molecular weight excluding hydrogens is 432 g/mol. The van der Waals surface area contributed by atoms with Crippen molar-refractivity contribution < 1.29 is 27.4 Å². The number of aryl methyl sites for hydroxylation is 2. The first-order chi connectivity index (χ1) is 15.0. The van der Waals surface area contributed by atoms with Crippen molar-refractivity contribution in [3.05, 3.63) is 46.0 Å². The quantitative estimate of drug-likeness (QED) is 0.592. The van der Waals surface area contributed by atoms with E-state index in [1.165, 1.54) is 28.3 Å². The molecule has 0 aliphatic heterocycles. The molecule has 2 N–H and O–H groups in total. The van der Waals surface area contributed by atoms with Crippen LogP contribution < -0.4 is 24.2 Å². The van der Waals surface area contributed by atoms with Gasteiger partial charge in [-0.1, -0.05) is 6.07 Å². The fraction of sp³-hybridized carbons (Fsp3) is 0.435. The van der Waals surface area contributed by atoms with Crippen LogP contribution in [0.2, 0.25) is 0 Å².